The summed E-state index contributed by atoms with van der Waals surface area (Å²) in [6.45, 7) is 4.53. The van der Waals surface area contributed by atoms with Gasteiger partial charge in [0.15, 0.2) is 0 Å². The van der Waals surface area contributed by atoms with Gasteiger partial charge in [0.1, 0.15) is 52.4 Å². The Morgan fingerprint density at radius 3 is 1.64 bits per heavy atom. The first kappa shape index (κ1) is 45.8. The molecule has 6 N–H and O–H groups in total. The molecule has 0 saturated heterocycles. The predicted octanol–water partition coefficient (Wildman–Crippen LogP) is 4.09. The molecule has 6 rings (SSSR count). The lowest BCUT2D eigenvalue weighted by Crippen LogP contribution is -3.00. The Labute approximate surface area is 344 Å². The maximum atomic E-state index is 13.6. The van der Waals surface area contributed by atoms with E-state index in [0.29, 0.717) is 87.1 Å². The lowest BCUT2D eigenvalue weighted by molar-refractivity contribution is -0.0000312. The van der Waals surface area contributed by atoms with E-state index >= 15 is 0 Å². The van der Waals surface area contributed by atoms with Crippen LogP contribution in [0.1, 0.15) is 45.8 Å². The monoisotopic (exact) mass is 834 g/mol. The molecule has 2 amide bonds. The topological polar surface area (TPSA) is 201 Å². The molecule has 17 heteroatoms. The van der Waals surface area contributed by atoms with Gasteiger partial charge in [-0.25, -0.2) is 28.7 Å². The zero-order chi connectivity index (χ0) is 41.5. The highest BCUT2D eigenvalue weighted by Gasteiger charge is 2.14. The van der Waals surface area contributed by atoms with Crippen LogP contribution >= 0.6 is 11.6 Å². The number of methoxy groups -OCH3 is 2. The summed E-state index contributed by atoms with van der Waals surface area (Å²) in [6, 6.07) is 22.0. The first-order valence-electron chi connectivity index (χ1n) is 17.2. The van der Waals surface area contributed by atoms with Crippen molar-refractivity contribution in [2.24, 2.45) is 11.5 Å². The highest BCUT2D eigenvalue weighted by molar-refractivity contribution is 6.29. The molecule has 0 unspecified atom stereocenters. The number of hydrogen-bond donors (Lipinski definition) is 3. The minimum atomic E-state index is -0.560. The number of nitrogen functional groups attached to an aromatic ring is 1. The normalized spacial score (nSPS) is 10.1. The molecule has 0 aliphatic heterocycles. The molecule has 2 aromatic heterocycles. The number of halogens is 4. The number of benzene rings is 4. The summed E-state index contributed by atoms with van der Waals surface area (Å²) in [7, 11) is 2.95. The number of hydrogen-bond acceptors (Lipinski definition) is 11. The standard InChI is InChI=1S/C21H20FN3O3.C12H10ClFN2O.C8H10N2O2.ClH/c1-3-28-20-10-14(22)5-6-16(20)18-11-15(24-12-25-18)8-13-4-7-19(27-2)17(9-13)21(23)26;1-2-17-11-5-8(14)3-4-9(11)10-6-12(13)16-7-15-10;1-12-7-3-2-5(9)4-6(7)8(10)11;/h4-7,9-12H,3,8H2,1-2H3,(H2,23,26);3-7H,2H2,1H3;2-4H,9H2,1H3,(H2,10,11);1H/p-1. The minimum absolute atomic E-state index is 0. The molecule has 58 heavy (non-hydrogen) atoms. The summed E-state index contributed by atoms with van der Waals surface area (Å²) in [5.41, 5.74) is 21.3. The van der Waals surface area contributed by atoms with Crippen molar-refractivity contribution in [1.82, 2.24) is 19.9 Å². The van der Waals surface area contributed by atoms with Gasteiger partial charge in [0, 0.05) is 47.1 Å². The number of ether oxygens (including phenoxy) is 4. The van der Waals surface area contributed by atoms with E-state index in [-0.39, 0.29) is 24.0 Å². The fraction of sp³-hybridized carbons (Fsp3) is 0.171. The van der Waals surface area contributed by atoms with Crippen LogP contribution in [-0.4, -0.2) is 59.2 Å². The third kappa shape index (κ3) is 12.7. The molecule has 0 aliphatic rings. The Morgan fingerprint density at radius 2 is 1.14 bits per heavy atom. The summed E-state index contributed by atoms with van der Waals surface area (Å²) in [5.74, 6) is -0.0937. The predicted molar refractivity (Wildman–Crippen MR) is 212 cm³/mol. The van der Waals surface area contributed by atoms with E-state index in [1.165, 1.54) is 57.2 Å². The number of anilines is 1. The van der Waals surface area contributed by atoms with Crippen molar-refractivity contribution in [3.05, 3.63) is 137 Å². The van der Waals surface area contributed by atoms with Gasteiger partial charge in [0.05, 0.1) is 49.9 Å². The first-order valence-corrected chi connectivity index (χ1v) is 17.6. The second-order valence-electron chi connectivity index (χ2n) is 11.7. The van der Waals surface area contributed by atoms with Crippen molar-refractivity contribution < 1.29 is 49.7 Å². The second-order valence-corrected chi connectivity index (χ2v) is 12.1. The third-order valence-electron chi connectivity index (χ3n) is 7.80. The van der Waals surface area contributed by atoms with Gasteiger partial charge in [-0.1, -0.05) is 17.7 Å². The number of nitrogens with zero attached hydrogens (tertiary/aromatic N) is 4. The molecule has 0 fully saturated rings. The Bertz CT molecular complexity index is 2340. The van der Waals surface area contributed by atoms with Crippen molar-refractivity contribution >= 4 is 29.1 Å². The Kier molecular flexibility index (Phi) is 17.6. The largest absolute Gasteiger partial charge is 1.00 e. The van der Waals surface area contributed by atoms with Crippen molar-refractivity contribution in [3.8, 4) is 45.5 Å². The number of aromatic nitrogens is 4. The fourth-order valence-electron chi connectivity index (χ4n) is 5.27. The number of carbonyl (C=O) groups is 2. The van der Waals surface area contributed by atoms with Crippen LogP contribution < -0.4 is 48.6 Å². The van der Waals surface area contributed by atoms with Crippen LogP contribution in [0.5, 0.6) is 23.0 Å². The molecule has 0 atom stereocenters. The van der Waals surface area contributed by atoms with Crippen molar-refractivity contribution in [1.29, 1.82) is 0 Å². The minimum Gasteiger partial charge on any atom is -1.00 e. The molecule has 2 heterocycles. The number of amides is 2. The molecule has 0 aliphatic carbocycles. The quantitative estimate of drug-likeness (QED) is 0.119. The Balaban J connectivity index is 0.000000255. The van der Waals surface area contributed by atoms with Crippen LogP contribution in [0.25, 0.3) is 22.5 Å². The van der Waals surface area contributed by atoms with Crippen molar-refractivity contribution in [2.45, 2.75) is 20.3 Å². The van der Waals surface area contributed by atoms with Crippen LogP contribution in [0.2, 0.25) is 5.15 Å². The van der Waals surface area contributed by atoms with Crippen molar-refractivity contribution in [3.63, 3.8) is 0 Å². The average Bonchev–Trinajstić information content (AvgIpc) is 3.19. The maximum Gasteiger partial charge on any atom is 0.252 e. The molecule has 0 spiro atoms. The molecule has 13 nitrogen and oxygen atoms in total. The number of primary amides is 2. The van der Waals surface area contributed by atoms with E-state index in [2.05, 4.69) is 19.9 Å². The van der Waals surface area contributed by atoms with E-state index in [4.69, 9.17) is 47.7 Å². The van der Waals surface area contributed by atoms with Crippen molar-refractivity contribution in [2.75, 3.05) is 33.2 Å². The van der Waals surface area contributed by atoms with E-state index in [9.17, 15) is 18.4 Å². The van der Waals surface area contributed by atoms with Gasteiger partial charge in [-0.15, -0.1) is 0 Å². The van der Waals surface area contributed by atoms with Gasteiger partial charge in [-0.05, 0) is 80.1 Å². The molecular formula is C41H40Cl2F2N7O6-. The van der Waals surface area contributed by atoms with E-state index in [1.54, 1.807) is 42.5 Å². The number of carbonyl (C=O) groups excluding carboxylic acids is 2. The average molecular weight is 836 g/mol. The van der Waals surface area contributed by atoms with Crippen LogP contribution in [0.15, 0.2) is 97.6 Å². The van der Waals surface area contributed by atoms with Gasteiger partial charge in [0.25, 0.3) is 11.8 Å². The number of nitrogens with two attached hydrogens (primary N) is 3. The van der Waals surface area contributed by atoms with Gasteiger partial charge < -0.3 is 48.6 Å². The highest BCUT2D eigenvalue weighted by Crippen LogP contribution is 2.31. The van der Waals surface area contributed by atoms with E-state index < -0.39 is 11.8 Å². The van der Waals surface area contributed by atoms with Crippen LogP contribution in [0.3, 0.4) is 0 Å². The summed E-state index contributed by atoms with van der Waals surface area (Å²) < 4.78 is 47.7. The van der Waals surface area contributed by atoms with E-state index in [0.717, 1.165) is 11.3 Å². The molecule has 0 saturated carbocycles. The van der Waals surface area contributed by atoms with Gasteiger partial charge in [-0.3, -0.25) is 9.59 Å². The van der Waals surface area contributed by atoms with E-state index in [1.807, 2.05) is 26.0 Å². The molecule has 0 radical (unpaired) electrons. The third-order valence-corrected chi connectivity index (χ3v) is 8.01. The summed E-state index contributed by atoms with van der Waals surface area (Å²) in [5, 5.41) is 0.335. The van der Waals surface area contributed by atoms with Crippen LogP contribution in [0.4, 0.5) is 14.5 Å². The highest BCUT2D eigenvalue weighted by atomic mass is 35.5. The summed E-state index contributed by atoms with van der Waals surface area (Å²) >= 11 is 5.79. The smallest absolute Gasteiger partial charge is 0.252 e. The Hall–Kier alpha value is -6.58. The molecule has 304 valence electrons. The maximum absolute atomic E-state index is 13.6. The zero-order valence-corrected chi connectivity index (χ0v) is 33.4. The van der Waals surface area contributed by atoms with Crippen LogP contribution in [0, 0.1) is 11.6 Å². The molecule has 6 aromatic rings. The lowest BCUT2D eigenvalue weighted by Gasteiger charge is -2.11. The summed E-state index contributed by atoms with van der Waals surface area (Å²) in [4.78, 5) is 38.9. The number of rotatable bonds is 12. The molecule has 0 bridgehead atoms. The zero-order valence-electron chi connectivity index (χ0n) is 31.8. The van der Waals surface area contributed by atoms with Gasteiger partial charge in [-0.2, -0.15) is 0 Å². The summed E-state index contributed by atoms with van der Waals surface area (Å²) in [6.07, 6.45) is 3.27. The van der Waals surface area contributed by atoms with Gasteiger partial charge in [0.2, 0.25) is 0 Å². The van der Waals surface area contributed by atoms with Gasteiger partial charge >= 0.3 is 0 Å². The fourth-order valence-corrected chi connectivity index (χ4v) is 5.42. The lowest BCUT2D eigenvalue weighted by atomic mass is 10.0. The molecule has 4 aromatic carbocycles. The first-order chi connectivity index (χ1) is 27.4. The Morgan fingerprint density at radius 1 is 0.638 bits per heavy atom. The molecular weight excluding hydrogens is 795 g/mol. The van der Waals surface area contributed by atoms with Crippen LogP contribution in [-0.2, 0) is 6.42 Å². The second kappa shape index (κ2) is 22.2. The SMILES string of the molecule is CCOc1cc(F)ccc1-c1cc(Cc2ccc(OC)c(C(N)=O)c2)ncn1.CCOc1cc(F)ccc1-c1cc(Cl)ncn1.COc1ccc(N)cc1C(N)=O.[Cl-].